The summed E-state index contributed by atoms with van der Waals surface area (Å²) in [5.74, 6) is -1.75. The average Bonchev–Trinajstić information content (AvgIpc) is 3.06. The topological polar surface area (TPSA) is 86.7 Å². The van der Waals surface area contributed by atoms with Crippen molar-refractivity contribution in [3.05, 3.63) is 23.8 Å². The van der Waals surface area contributed by atoms with Crippen molar-refractivity contribution < 1.29 is 28.7 Å². The van der Waals surface area contributed by atoms with Gasteiger partial charge in [0.25, 0.3) is 0 Å². The fourth-order valence-corrected chi connectivity index (χ4v) is 9.53. The van der Waals surface area contributed by atoms with Crippen LogP contribution >= 0.6 is 23.2 Å². The van der Waals surface area contributed by atoms with Gasteiger partial charge in [-0.25, -0.2) is 0 Å². The molecule has 0 spiro atoms. The third kappa shape index (κ3) is 4.11. The Morgan fingerprint density at radius 1 is 1.08 bits per heavy atom. The Bertz CT molecular complexity index is 1080. The summed E-state index contributed by atoms with van der Waals surface area (Å²) < 4.78 is 11.6. The van der Waals surface area contributed by atoms with Crippen LogP contribution in [0.1, 0.15) is 86.0 Å². The summed E-state index contributed by atoms with van der Waals surface area (Å²) in [7, 11) is 0. The molecule has 0 heterocycles. The number of hydrogen-bond acceptors (Lipinski definition) is 6. The normalized spacial score (nSPS) is 41.4. The summed E-state index contributed by atoms with van der Waals surface area (Å²) in [5, 5.41) is -0.563. The molecule has 6 nitrogen and oxygen atoms in total. The van der Waals surface area contributed by atoms with Crippen LogP contribution in [0.15, 0.2) is 23.8 Å². The van der Waals surface area contributed by atoms with Crippen molar-refractivity contribution in [1.29, 1.82) is 0 Å². The number of hydrogen-bond donors (Lipinski definition) is 0. The highest BCUT2D eigenvalue weighted by molar-refractivity contribution is 6.34. The molecule has 0 N–H and O–H groups in total. The molecule has 0 aromatic carbocycles. The molecule has 38 heavy (non-hydrogen) atoms. The van der Waals surface area contributed by atoms with E-state index in [1.165, 1.54) is 0 Å². The summed E-state index contributed by atoms with van der Waals surface area (Å²) in [6.45, 7) is 9.33. The lowest BCUT2D eigenvalue weighted by Gasteiger charge is -2.64. The van der Waals surface area contributed by atoms with E-state index in [1.807, 2.05) is 33.8 Å². The molecule has 4 aliphatic carbocycles. The molecule has 210 valence electrons. The van der Waals surface area contributed by atoms with Crippen LogP contribution in [0, 0.1) is 28.6 Å². The highest BCUT2D eigenvalue weighted by atomic mass is 35.5. The Kier molecular flexibility index (Phi) is 8.02. The zero-order valence-corrected chi connectivity index (χ0v) is 24.6. The van der Waals surface area contributed by atoms with E-state index in [0.717, 1.165) is 12.0 Å². The van der Waals surface area contributed by atoms with Gasteiger partial charge in [-0.2, -0.15) is 0 Å². The molecule has 0 amide bonds. The van der Waals surface area contributed by atoms with Gasteiger partial charge in [0.05, 0.1) is 10.3 Å². The molecule has 0 saturated heterocycles. The van der Waals surface area contributed by atoms with E-state index >= 15 is 0 Å². The van der Waals surface area contributed by atoms with Gasteiger partial charge in [0.1, 0.15) is 0 Å². The van der Waals surface area contributed by atoms with Crippen LogP contribution in [0.3, 0.4) is 0 Å². The highest BCUT2D eigenvalue weighted by Crippen LogP contribution is 2.73. The first-order valence-corrected chi connectivity index (χ1v) is 14.8. The summed E-state index contributed by atoms with van der Waals surface area (Å²) in [6, 6.07) is 0. The van der Waals surface area contributed by atoms with Crippen LogP contribution < -0.4 is 0 Å². The van der Waals surface area contributed by atoms with Gasteiger partial charge in [0.15, 0.2) is 18.0 Å². The molecule has 3 saturated carbocycles. The number of esters is 2. The van der Waals surface area contributed by atoms with Crippen molar-refractivity contribution in [3.63, 3.8) is 0 Å². The smallest absolute Gasteiger partial charge is 0.306 e. The minimum absolute atomic E-state index is 0.0393. The lowest BCUT2D eigenvalue weighted by molar-refractivity contribution is -0.196. The SMILES string of the molecule is CCCC(=O)OCC(=O)[C@]1(OC(=O)CCC)[C@H](C)C[C@H]2[C@@H]3CCC4=CC(=O)C=C[C@]4(C)[C@@]3(Cl)[C@@H](Cl)C[C@@]21C. The first kappa shape index (κ1) is 29.3. The second-order valence-electron chi connectivity index (χ2n) is 12.1. The van der Waals surface area contributed by atoms with Gasteiger partial charge in [0.2, 0.25) is 5.78 Å². The molecule has 4 aliphatic rings. The Hall–Kier alpha value is -1.66. The zero-order valence-electron chi connectivity index (χ0n) is 23.1. The van der Waals surface area contributed by atoms with Crippen LogP contribution in [0.2, 0.25) is 0 Å². The molecule has 3 fully saturated rings. The molecule has 0 bridgehead atoms. The quantitative estimate of drug-likeness (QED) is 0.260. The van der Waals surface area contributed by atoms with Gasteiger partial charge >= 0.3 is 11.9 Å². The first-order chi connectivity index (χ1) is 17.8. The molecule has 0 aliphatic heterocycles. The Labute approximate surface area is 235 Å². The fraction of sp³-hybridized carbons (Fsp3) is 0.733. The van der Waals surface area contributed by atoms with Crippen molar-refractivity contribution in [2.24, 2.45) is 28.6 Å². The largest absolute Gasteiger partial charge is 0.457 e. The van der Waals surface area contributed by atoms with E-state index < -0.39 is 45.2 Å². The number of carbonyl (C=O) groups excluding carboxylic acids is 4. The van der Waals surface area contributed by atoms with Crippen LogP contribution in [0.25, 0.3) is 0 Å². The van der Waals surface area contributed by atoms with Gasteiger partial charge in [-0.05, 0) is 62.5 Å². The minimum atomic E-state index is -1.48. The third-order valence-electron chi connectivity index (χ3n) is 10.1. The highest BCUT2D eigenvalue weighted by Gasteiger charge is 2.76. The van der Waals surface area contributed by atoms with E-state index in [1.54, 1.807) is 12.2 Å². The molecule has 4 rings (SSSR count). The van der Waals surface area contributed by atoms with Crippen LogP contribution in [-0.4, -0.2) is 46.0 Å². The second-order valence-corrected chi connectivity index (χ2v) is 13.3. The van der Waals surface area contributed by atoms with E-state index in [2.05, 4.69) is 6.92 Å². The number of fused-ring (bicyclic) bond motifs is 5. The summed E-state index contributed by atoms with van der Waals surface area (Å²) in [4.78, 5) is 50.6. The number of Topliss-reactive ketones (excluding diaryl/α,β-unsaturated/α-hetero) is 1. The second kappa shape index (κ2) is 10.4. The standard InChI is InChI=1S/C30H40Cl2O6/c1-6-8-25(35)37-17-24(34)30(38-26(36)9-7-2)18(3)14-22-21-11-10-19-15-20(33)12-13-27(19,4)29(21,32)23(31)16-28(22,30)5/h12-13,15,18,21-23H,6-11,14,16-17H2,1-5H3/t18-,21+,22+,23+,27+,28+,29+,30-/m1/s1. The van der Waals surface area contributed by atoms with Gasteiger partial charge in [-0.3, -0.25) is 19.2 Å². The molecule has 8 atom stereocenters. The number of halogens is 2. The van der Waals surface area contributed by atoms with Crippen molar-refractivity contribution in [1.82, 2.24) is 0 Å². The number of ketones is 2. The van der Waals surface area contributed by atoms with E-state index in [0.29, 0.717) is 32.1 Å². The number of allylic oxidation sites excluding steroid dienone is 4. The van der Waals surface area contributed by atoms with Gasteiger partial charge in [-0.15, -0.1) is 23.2 Å². The molecular formula is C30H40Cl2O6. The van der Waals surface area contributed by atoms with E-state index in [-0.39, 0.29) is 42.2 Å². The predicted molar refractivity (Wildman–Crippen MR) is 146 cm³/mol. The maximum atomic E-state index is 14.1. The first-order valence-electron chi connectivity index (χ1n) is 14.0. The van der Waals surface area contributed by atoms with Gasteiger partial charge < -0.3 is 9.47 Å². The molecule has 0 radical (unpaired) electrons. The minimum Gasteiger partial charge on any atom is -0.457 e. The van der Waals surface area contributed by atoms with Crippen molar-refractivity contribution in [2.45, 2.75) is 102 Å². The Balaban J connectivity index is 1.77. The number of carbonyl (C=O) groups is 4. The van der Waals surface area contributed by atoms with Crippen molar-refractivity contribution in [3.8, 4) is 0 Å². The summed E-state index contributed by atoms with van der Waals surface area (Å²) in [5.41, 5.74) is -1.88. The van der Waals surface area contributed by atoms with Crippen molar-refractivity contribution in [2.75, 3.05) is 6.61 Å². The molecule has 0 aromatic rings. The monoisotopic (exact) mass is 566 g/mol. The molecule has 0 aromatic heterocycles. The van der Waals surface area contributed by atoms with E-state index in [4.69, 9.17) is 32.7 Å². The summed E-state index contributed by atoms with van der Waals surface area (Å²) in [6.07, 6.45) is 9.21. The fourth-order valence-electron chi connectivity index (χ4n) is 8.30. The maximum Gasteiger partial charge on any atom is 0.306 e. The van der Waals surface area contributed by atoms with Crippen LogP contribution in [0.5, 0.6) is 0 Å². The van der Waals surface area contributed by atoms with Crippen LogP contribution in [0.4, 0.5) is 0 Å². The van der Waals surface area contributed by atoms with Gasteiger partial charge in [-0.1, -0.05) is 46.3 Å². The average molecular weight is 568 g/mol. The van der Waals surface area contributed by atoms with Crippen LogP contribution in [-0.2, 0) is 28.7 Å². The van der Waals surface area contributed by atoms with Gasteiger partial charge in [0, 0.05) is 29.6 Å². The number of alkyl halides is 2. The molecular weight excluding hydrogens is 527 g/mol. The number of rotatable bonds is 8. The lowest BCUT2D eigenvalue weighted by Crippen LogP contribution is -2.68. The number of ether oxygens (including phenoxy) is 2. The Morgan fingerprint density at radius 2 is 1.74 bits per heavy atom. The van der Waals surface area contributed by atoms with Crippen molar-refractivity contribution >= 4 is 46.7 Å². The van der Waals surface area contributed by atoms with E-state index in [9.17, 15) is 19.2 Å². The molecule has 8 heteroatoms. The maximum absolute atomic E-state index is 14.1. The molecule has 0 unspecified atom stereocenters. The zero-order chi connectivity index (χ0) is 28.1. The predicted octanol–water partition coefficient (Wildman–Crippen LogP) is 6.11. The summed E-state index contributed by atoms with van der Waals surface area (Å²) >= 11 is 14.9. The lowest BCUT2D eigenvalue weighted by atomic mass is 9.46. The Morgan fingerprint density at radius 3 is 2.39 bits per heavy atom. The third-order valence-corrected chi connectivity index (χ3v) is 11.6.